The van der Waals surface area contributed by atoms with E-state index in [4.69, 9.17) is 4.74 Å². The monoisotopic (exact) mass is 281 g/mol. The Morgan fingerprint density at radius 3 is 3.05 bits per heavy atom. The molecule has 1 aromatic heterocycles. The van der Waals surface area contributed by atoms with Crippen molar-refractivity contribution in [1.29, 1.82) is 0 Å². The summed E-state index contributed by atoms with van der Waals surface area (Å²) < 4.78 is 5.25. The van der Waals surface area contributed by atoms with Crippen LogP contribution in [-0.2, 0) is 22.4 Å². The Balaban J connectivity index is 1.62. The van der Waals surface area contributed by atoms with Crippen LogP contribution in [0.4, 0.5) is 5.13 Å². The zero-order valence-electron chi connectivity index (χ0n) is 11.1. The van der Waals surface area contributed by atoms with E-state index in [2.05, 4.69) is 15.6 Å². The van der Waals surface area contributed by atoms with E-state index in [0.717, 1.165) is 30.9 Å². The van der Waals surface area contributed by atoms with Gasteiger partial charge >= 0.3 is 0 Å². The smallest absolute Gasteiger partial charge is 0.243 e. The predicted molar refractivity (Wildman–Crippen MR) is 74.6 cm³/mol. The number of carbonyl (C=O) groups excluding carboxylic acids is 1. The summed E-state index contributed by atoms with van der Waals surface area (Å²) in [5.41, 5.74) is 1.18. The van der Waals surface area contributed by atoms with Crippen LogP contribution in [0.25, 0.3) is 0 Å². The van der Waals surface area contributed by atoms with Crippen LogP contribution in [0.2, 0.25) is 0 Å². The SMILES string of the molecule is COC1CNC(C(=O)Nc2nc3c(s2)CCCC3)C1. The average Bonchev–Trinajstić information content (AvgIpc) is 3.04. The molecule has 0 aromatic carbocycles. The van der Waals surface area contributed by atoms with Crippen molar-refractivity contribution in [3.63, 3.8) is 0 Å². The van der Waals surface area contributed by atoms with Gasteiger partial charge in [-0.15, -0.1) is 11.3 Å². The molecule has 2 aliphatic rings. The van der Waals surface area contributed by atoms with Crippen LogP contribution < -0.4 is 10.6 Å². The van der Waals surface area contributed by atoms with Gasteiger partial charge in [0, 0.05) is 18.5 Å². The van der Waals surface area contributed by atoms with Gasteiger partial charge in [0.1, 0.15) is 0 Å². The first-order valence-electron chi connectivity index (χ1n) is 6.82. The largest absolute Gasteiger partial charge is 0.380 e. The Hall–Kier alpha value is -0.980. The number of carbonyl (C=O) groups is 1. The molecule has 2 unspecified atom stereocenters. The van der Waals surface area contributed by atoms with E-state index in [1.807, 2.05) is 0 Å². The van der Waals surface area contributed by atoms with Gasteiger partial charge in [0.05, 0.1) is 17.8 Å². The topological polar surface area (TPSA) is 63.2 Å². The third kappa shape index (κ3) is 2.80. The molecule has 1 aromatic rings. The number of aromatic nitrogens is 1. The van der Waals surface area contributed by atoms with Crippen molar-refractivity contribution >= 4 is 22.4 Å². The standard InChI is InChI=1S/C13H19N3O2S/c1-18-8-6-10(14-7-8)12(17)16-13-15-9-4-2-3-5-11(9)19-13/h8,10,14H,2-7H2,1H3,(H,15,16,17). The second kappa shape index (κ2) is 5.56. The minimum Gasteiger partial charge on any atom is -0.380 e. The van der Waals surface area contributed by atoms with E-state index < -0.39 is 0 Å². The van der Waals surface area contributed by atoms with E-state index >= 15 is 0 Å². The van der Waals surface area contributed by atoms with E-state index in [1.165, 1.54) is 23.4 Å². The van der Waals surface area contributed by atoms with Crippen LogP contribution in [-0.4, -0.2) is 36.7 Å². The Morgan fingerprint density at radius 2 is 2.32 bits per heavy atom. The molecule has 1 saturated heterocycles. The van der Waals surface area contributed by atoms with Crippen molar-refractivity contribution in [3.05, 3.63) is 10.6 Å². The number of rotatable bonds is 3. The highest BCUT2D eigenvalue weighted by atomic mass is 32.1. The minimum absolute atomic E-state index is 0.00523. The summed E-state index contributed by atoms with van der Waals surface area (Å²) >= 11 is 1.63. The van der Waals surface area contributed by atoms with E-state index in [9.17, 15) is 4.79 Å². The molecule has 19 heavy (non-hydrogen) atoms. The highest BCUT2D eigenvalue weighted by Crippen LogP contribution is 2.29. The molecule has 0 saturated carbocycles. The summed E-state index contributed by atoms with van der Waals surface area (Å²) in [4.78, 5) is 18.0. The Bertz CT molecular complexity index is 451. The molecular weight excluding hydrogens is 262 g/mol. The number of aryl methyl sites for hydroxylation is 2. The van der Waals surface area contributed by atoms with Gasteiger partial charge in [-0.05, 0) is 32.1 Å². The summed E-state index contributed by atoms with van der Waals surface area (Å²) in [5, 5.41) is 6.86. The fourth-order valence-corrected chi connectivity index (χ4v) is 3.73. The number of amides is 1. The van der Waals surface area contributed by atoms with Gasteiger partial charge in [0.2, 0.25) is 5.91 Å². The maximum Gasteiger partial charge on any atom is 0.243 e. The van der Waals surface area contributed by atoms with E-state index in [0.29, 0.717) is 0 Å². The Labute approximate surface area is 116 Å². The van der Waals surface area contributed by atoms with E-state index in [-0.39, 0.29) is 18.1 Å². The second-order valence-corrected chi connectivity index (χ2v) is 6.22. The average molecular weight is 281 g/mol. The van der Waals surface area contributed by atoms with Crippen LogP contribution >= 0.6 is 11.3 Å². The molecule has 3 rings (SSSR count). The lowest BCUT2D eigenvalue weighted by atomic mass is 10.0. The second-order valence-electron chi connectivity index (χ2n) is 5.14. The lowest BCUT2D eigenvalue weighted by Crippen LogP contribution is -2.35. The predicted octanol–water partition coefficient (Wildman–Crippen LogP) is 1.34. The number of ether oxygens (including phenoxy) is 1. The summed E-state index contributed by atoms with van der Waals surface area (Å²) in [6.07, 6.45) is 5.48. The molecule has 0 spiro atoms. The Kier molecular flexibility index (Phi) is 3.81. The zero-order valence-corrected chi connectivity index (χ0v) is 11.9. The van der Waals surface area contributed by atoms with Crippen molar-refractivity contribution in [3.8, 4) is 0 Å². The fraction of sp³-hybridized carbons (Fsp3) is 0.692. The highest BCUT2D eigenvalue weighted by molar-refractivity contribution is 7.15. The van der Waals surface area contributed by atoms with Crippen molar-refractivity contribution in [1.82, 2.24) is 10.3 Å². The molecule has 1 fully saturated rings. The number of methoxy groups -OCH3 is 1. The van der Waals surface area contributed by atoms with Crippen molar-refractivity contribution < 1.29 is 9.53 Å². The van der Waals surface area contributed by atoms with Crippen LogP contribution in [0.5, 0.6) is 0 Å². The van der Waals surface area contributed by atoms with E-state index in [1.54, 1.807) is 18.4 Å². The molecule has 2 atom stereocenters. The summed E-state index contributed by atoms with van der Waals surface area (Å²) in [5.74, 6) is 0.00523. The number of thiazole rings is 1. The molecule has 1 aliphatic carbocycles. The molecule has 104 valence electrons. The third-order valence-corrected chi connectivity index (χ3v) is 4.89. The molecule has 6 heteroatoms. The van der Waals surface area contributed by atoms with Gasteiger partial charge in [-0.25, -0.2) is 4.98 Å². The molecule has 1 aliphatic heterocycles. The highest BCUT2D eigenvalue weighted by Gasteiger charge is 2.30. The van der Waals surface area contributed by atoms with Crippen molar-refractivity contribution in [2.75, 3.05) is 19.0 Å². The number of nitrogens with zero attached hydrogens (tertiary/aromatic N) is 1. The first kappa shape index (κ1) is 13.0. The molecule has 2 heterocycles. The number of fused-ring (bicyclic) bond motifs is 1. The van der Waals surface area contributed by atoms with Gasteiger partial charge < -0.3 is 15.4 Å². The number of anilines is 1. The summed E-state index contributed by atoms with van der Waals surface area (Å²) in [7, 11) is 1.68. The molecule has 1 amide bonds. The number of nitrogens with one attached hydrogen (secondary N) is 2. The molecule has 2 N–H and O–H groups in total. The van der Waals surface area contributed by atoms with Gasteiger partial charge in [-0.3, -0.25) is 4.79 Å². The first-order chi connectivity index (χ1) is 9.26. The first-order valence-corrected chi connectivity index (χ1v) is 7.63. The minimum atomic E-state index is -0.161. The molecule has 0 radical (unpaired) electrons. The number of hydrogen-bond donors (Lipinski definition) is 2. The lowest BCUT2D eigenvalue weighted by Gasteiger charge is -2.09. The van der Waals surface area contributed by atoms with Crippen molar-refractivity contribution in [2.45, 2.75) is 44.2 Å². The maximum atomic E-state index is 12.1. The normalized spacial score (nSPS) is 26.2. The van der Waals surface area contributed by atoms with Gasteiger partial charge in [-0.2, -0.15) is 0 Å². The van der Waals surface area contributed by atoms with Crippen LogP contribution in [0.15, 0.2) is 0 Å². The van der Waals surface area contributed by atoms with Crippen LogP contribution in [0.3, 0.4) is 0 Å². The quantitative estimate of drug-likeness (QED) is 0.877. The molecular formula is C13H19N3O2S. The van der Waals surface area contributed by atoms with Gasteiger partial charge in [0.15, 0.2) is 5.13 Å². The fourth-order valence-electron chi connectivity index (χ4n) is 2.68. The molecule has 0 bridgehead atoms. The van der Waals surface area contributed by atoms with Crippen LogP contribution in [0.1, 0.15) is 29.8 Å². The van der Waals surface area contributed by atoms with Gasteiger partial charge in [0.25, 0.3) is 0 Å². The third-order valence-electron chi connectivity index (χ3n) is 3.82. The van der Waals surface area contributed by atoms with Crippen molar-refractivity contribution in [2.24, 2.45) is 0 Å². The Morgan fingerprint density at radius 1 is 1.47 bits per heavy atom. The summed E-state index contributed by atoms with van der Waals surface area (Å²) in [6.45, 7) is 0.739. The summed E-state index contributed by atoms with van der Waals surface area (Å²) in [6, 6.07) is -0.161. The zero-order chi connectivity index (χ0) is 13.2. The van der Waals surface area contributed by atoms with Gasteiger partial charge in [-0.1, -0.05) is 0 Å². The molecule has 5 nitrogen and oxygen atoms in total. The number of hydrogen-bond acceptors (Lipinski definition) is 5. The lowest BCUT2D eigenvalue weighted by molar-refractivity contribution is -0.118. The maximum absolute atomic E-state index is 12.1. The van der Waals surface area contributed by atoms with Crippen LogP contribution in [0, 0.1) is 0 Å².